The van der Waals surface area contributed by atoms with Crippen molar-refractivity contribution >= 4 is 11.9 Å². The maximum absolute atomic E-state index is 12.8. The van der Waals surface area contributed by atoms with E-state index in [2.05, 4.69) is 10.1 Å². The Kier molecular flexibility index (Phi) is 7.51. The summed E-state index contributed by atoms with van der Waals surface area (Å²) in [6.45, 7) is 2.17. The van der Waals surface area contributed by atoms with Crippen molar-refractivity contribution < 1.29 is 27.9 Å². The fourth-order valence-electron chi connectivity index (χ4n) is 5.40. The molecule has 5 rings (SSSR count). The molecule has 200 valence electrons. The molecule has 1 spiro atoms. The summed E-state index contributed by atoms with van der Waals surface area (Å²) in [5.74, 6) is -1.55. The van der Waals surface area contributed by atoms with E-state index in [1.807, 2.05) is 11.0 Å². The van der Waals surface area contributed by atoms with Crippen LogP contribution in [0.15, 0.2) is 34.1 Å². The molecular weight excluding hydrogens is 495 g/mol. The molecule has 1 amide bonds. The molecule has 13 heteroatoms. The lowest BCUT2D eigenvalue weighted by atomic mass is 9.76. The van der Waals surface area contributed by atoms with Gasteiger partial charge in [-0.3, -0.25) is 23.9 Å². The van der Waals surface area contributed by atoms with Gasteiger partial charge in [0, 0.05) is 43.4 Å². The Morgan fingerprint density at radius 1 is 1.05 bits per heavy atom. The van der Waals surface area contributed by atoms with Crippen LogP contribution in [-0.4, -0.2) is 60.5 Å². The second-order valence-corrected chi connectivity index (χ2v) is 9.74. The summed E-state index contributed by atoms with van der Waals surface area (Å²) in [4.78, 5) is 53.1. The first kappa shape index (κ1) is 26.6. The average molecular weight is 524 g/mol. The molecule has 0 atom stereocenters. The van der Waals surface area contributed by atoms with E-state index in [1.165, 1.54) is 4.68 Å². The lowest BCUT2D eigenvalue weighted by Crippen LogP contribution is -2.49. The fourth-order valence-corrected chi connectivity index (χ4v) is 5.40. The Morgan fingerprint density at radius 2 is 1.68 bits per heavy atom. The molecule has 37 heavy (non-hydrogen) atoms. The van der Waals surface area contributed by atoms with Gasteiger partial charge in [0.05, 0.1) is 6.54 Å². The lowest BCUT2D eigenvalue weighted by Gasteiger charge is -2.39. The lowest BCUT2D eigenvalue weighted by molar-refractivity contribution is -0.192. The number of halogens is 3. The summed E-state index contributed by atoms with van der Waals surface area (Å²) >= 11 is 0. The zero-order valence-corrected chi connectivity index (χ0v) is 20.1. The summed E-state index contributed by atoms with van der Waals surface area (Å²) in [7, 11) is 0. The second kappa shape index (κ2) is 10.5. The van der Waals surface area contributed by atoms with Crippen LogP contribution in [0.3, 0.4) is 0 Å². The third-order valence-electron chi connectivity index (χ3n) is 7.46. The van der Waals surface area contributed by atoms with Gasteiger partial charge in [-0.25, -0.2) is 9.48 Å². The van der Waals surface area contributed by atoms with Crippen LogP contribution in [0.5, 0.6) is 0 Å². The van der Waals surface area contributed by atoms with Gasteiger partial charge < -0.3 is 10.0 Å². The number of aliphatic carboxylic acids is 1. The van der Waals surface area contributed by atoms with Crippen LogP contribution in [-0.2, 0) is 28.1 Å². The third kappa shape index (κ3) is 5.59. The van der Waals surface area contributed by atoms with E-state index in [0.29, 0.717) is 31.4 Å². The highest BCUT2D eigenvalue weighted by atomic mass is 19.4. The standard InChI is InChI=1S/C22H27N5O3.C2HF3O2/c28-18(17-5-1-2-6-17)25-11-7-22(8-12-25)9-13-26-19(29)20(30)27(24-21(22)26)15-16-4-3-10-23-14-16;3-2(4,5)1(6)7/h3-4,10,14,17H,1-2,5-9,11-13,15H2;(H,6,7). The first-order chi connectivity index (χ1) is 17.5. The zero-order valence-electron chi connectivity index (χ0n) is 20.1. The molecule has 1 saturated heterocycles. The molecule has 4 heterocycles. The topological polar surface area (TPSA) is 127 Å². The number of likely N-dealkylation sites (tertiary alicyclic amines) is 1. The van der Waals surface area contributed by atoms with E-state index in [-0.39, 0.29) is 17.9 Å². The van der Waals surface area contributed by atoms with Crippen molar-refractivity contribution in [2.45, 2.75) is 69.6 Å². The first-order valence-electron chi connectivity index (χ1n) is 12.2. The van der Waals surface area contributed by atoms with Crippen LogP contribution < -0.4 is 11.1 Å². The molecule has 0 aromatic carbocycles. The number of alkyl halides is 3. The van der Waals surface area contributed by atoms with Crippen molar-refractivity contribution in [3.8, 4) is 0 Å². The molecule has 3 aliphatic rings. The molecular formula is C24H28F3N5O5. The van der Waals surface area contributed by atoms with Crippen molar-refractivity contribution in [1.29, 1.82) is 0 Å². The maximum Gasteiger partial charge on any atom is 0.490 e. The normalized spacial score (nSPS) is 18.8. The van der Waals surface area contributed by atoms with Gasteiger partial charge >= 0.3 is 23.3 Å². The number of rotatable bonds is 3. The van der Waals surface area contributed by atoms with Gasteiger partial charge in [-0.1, -0.05) is 18.9 Å². The smallest absolute Gasteiger partial charge is 0.475 e. The monoisotopic (exact) mass is 523 g/mol. The van der Waals surface area contributed by atoms with E-state index in [4.69, 9.17) is 9.90 Å². The number of carbonyl (C=O) groups is 2. The van der Waals surface area contributed by atoms with Gasteiger partial charge in [0.15, 0.2) is 0 Å². The molecule has 0 radical (unpaired) electrons. The molecule has 2 aromatic rings. The van der Waals surface area contributed by atoms with Gasteiger partial charge in [0.1, 0.15) is 5.82 Å². The maximum atomic E-state index is 12.8. The zero-order chi connectivity index (χ0) is 26.8. The third-order valence-corrected chi connectivity index (χ3v) is 7.46. The minimum Gasteiger partial charge on any atom is -0.475 e. The SMILES string of the molecule is O=C(C1CCCC1)N1CCC2(CC1)CCn1c2nn(Cc2cccnc2)c(=O)c1=O.O=C(O)C(F)(F)F. The number of amides is 1. The number of carboxylic acid groups (broad SMARTS) is 1. The molecule has 10 nitrogen and oxygen atoms in total. The quantitative estimate of drug-likeness (QED) is 0.609. The van der Waals surface area contributed by atoms with Crippen LogP contribution in [0.1, 0.15) is 56.3 Å². The first-order valence-corrected chi connectivity index (χ1v) is 12.2. The van der Waals surface area contributed by atoms with Crippen LogP contribution in [0.4, 0.5) is 13.2 Å². The van der Waals surface area contributed by atoms with Gasteiger partial charge in [0.25, 0.3) is 0 Å². The van der Waals surface area contributed by atoms with E-state index in [9.17, 15) is 27.6 Å². The number of piperidine rings is 1. The number of pyridine rings is 1. The number of hydrogen-bond acceptors (Lipinski definition) is 6. The second-order valence-electron chi connectivity index (χ2n) is 9.74. The number of carbonyl (C=O) groups excluding carboxylic acids is 1. The Bertz CT molecular complexity index is 1260. The highest BCUT2D eigenvalue weighted by Gasteiger charge is 2.45. The van der Waals surface area contributed by atoms with Gasteiger partial charge in [-0.2, -0.15) is 18.3 Å². The summed E-state index contributed by atoms with van der Waals surface area (Å²) in [5.41, 5.74) is -0.477. The molecule has 0 unspecified atom stereocenters. The van der Waals surface area contributed by atoms with Crippen molar-refractivity contribution in [3.63, 3.8) is 0 Å². The summed E-state index contributed by atoms with van der Waals surface area (Å²) in [6, 6.07) is 3.67. The van der Waals surface area contributed by atoms with Crippen molar-refractivity contribution in [1.82, 2.24) is 24.2 Å². The molecule has 1 N–H and O–H groups in total. The predicted octanol–water partition coefficient (Wildman–Crippen LogP) is 1.94. The number of fused-ring (bicyclic) bond motifs is 2. The number of aromatic nitrogens is 4. The van der Waals surface area contributed by atoms with Crippen LogP contribution in [0.2, 0.25) is 0 Å². The predicted molar refractivity (Wildman–Crippen MR) is 124 cm³/mol. The Balaban J connectivity index is 0.000000405. The minimum atomic E-state index is -5.08. The van der Waals surface area contributed by atoms with E-state index in [1.54, 1.807) is 23.0 Å². The van der Waals surface area contributed by atoms with Crippen LogP contribution in [0, 0.1) is 5.92 Å². The van der Waals surface area contributed by atoms with E-state index >= 15 is 0 Å². The Labute approximate surface area is 209 Å². The average Bonchev–Trinajstić information content (AvgIpc) is 3.52. The molecule has 1 aliphatic carbocycles. The van der Waals surface area contributed by atoms with Gasteiger partial charge in [0.2, 0.25) is 5.91 Å². The molecule has 2 aliphatic heterocycles. The number of carboxylic acids is 1. The highest BCUT2D eigenvalue weighted by Crippen LogP contribution is 2.42. The minimum absolute atomic E-state index is 0.195. The van der Waals surface area contributed by atoms with Gasteiger partial charge in [-0.05, 0) is 43.7 Å². The molecule has 0 bridgehead atoms. The number of hydrogen-bond donors (Lipinski definition) is 1. The number of nitrogens with zero attached hydrogens (tertiary/aromatic N) is 5. The Morgan fingerprint density at radius 3 is 2.24 bits per heavy atom. The molecule has 2 fully saturated rings. The van der Waals surface area contributed by atoms with Crippen LogP contribution in [0.25, 0.3) is 0 Å². The highest BCUT2D eigenvalue weighted by molar-refractivity contribution is 5.79. The van der Waals surface area contributed by atoms with Crippen molar-refractivity contribution in [2.24, 2.45) is 5.92 Å². The fraction of sp³-hybridized carbons (Fsp3) is 0.583. The summed E-state index contributed by atoms with van der Waals surface area (Å²) in [5, 5.41) is 11.8. The molecule has 2 aromatic heterocycles. The van der Waals surface area contributed by atoms with Gasteiger partial charge in [-0.15, -0.1) is 0 Å². The van der Waals surface area contributed by atoms with E-state index in [0.717, 1.165) is 50.5 Å². The largest absolute Gasteiger partial charge is 0.490 e. The van der Waals surface area contributed by atoms with Crippen molar-refractivity contribution in [3.05, 3.63) is 56.6 Å². The van der Waals surface area contributed by atoms with E-state index < -0.39 is 23.3 Å². The molecule has 1 saturated carbocycles. The summed E-state index contributed by atoms with van der Waals surface area (Å²) < 4.78 is 34.6. The Hall–Kier alpha value is -3.51. The summed E-state index contributed by atoms with van der Waals surface area (Å²) in [6.07, 6.45) is 5.01. The van der Waals surface area contributed by atoms with Crippen LogP contribution >= 0.6 is 0 Å². The van der Waals surface area contributed by atoms with Crippen molar-refractivity contribution in [2.75, 3.05) is 13.1 Å².